The fourth-order valence-electron chi connectivity index (χ4n) is 2.56. The normalized spacial score (nSPS) is 13.1. The Kier molecular flexibility index (Phi) is 6.97. The zero-order valence-electron chi connectivity index (χ0n) is 16.1. The Morgan fingerprint density at radius 1 is 1.04 bits per heavy atom. The van der Waals surface area contributed by atoms with E-state index < -0.39 is 11.9 Å². The van der Waals surface area contributed by atoms with Gasteiger partial charge in [-0.3, -0.25) is 4.79 Å². The van der Waals surface area contributed by atoms with E-state index in [0.717, 1.165) is 0 Å². The Balaban J connectivity index is 2.68. The van der Waals surface area contributed by atoms with Crippen LogP contribution in [0.25, 0.3) is 0 Å². The van der Waals surface area contributed by atoms with Gasteiger partial charge in [-0.15, -0.1) is 0 Å². The van der Waals surface area contributed by atoms with Gasteiger partial charge in [0.1, 0.15) is 11.4 Å². The van der Waals surface area contributed by atoms with E-state index in [-0.39, 0.29) is 17.2 Å². The Morgan fingerprint density at radius 2 is 1.75 bits per heavy atom. The standard InChI is InChI=1S/C20H22N2O6/c1-5-17(23)21-13-9-10-16(26-2)15(12-13)22-11-7-6-8-14(19(24)27-3)18(22)20(25)28-4/h6-12H,5H2,1-4H3,(H,21,23). The van der Waals surface area contributed by atoms with Crippen molar-refractivity contribution in [1.82, 2.24) is 0 Å². The van der Waals surface area contributed by atoms with Gasteiger partial charge in [0.15, 0.2) is 0 Å². The Labute approximate surface area is 163 Å². The van der Waals surface area contributed by atoms with Crippen molar-refractivity contribution < 1.29 is 28.6 Å². The van der Waals surface area contributed by atoms with E-state index in [2.05, 4.69) is 5.32 Å². The van der Waals surface area contributed by atoms with Gasteiger partial charge in [0, 0.05) is 18.3 Å². The van der Waals surface area contributed by atoms with Crippen LogP contribution in [0.3, 0.4) is 0 Å². The second kappa shape index (κ2) is 9.40. The summed E-state index contributed by atoms with van der Waals surface area (Å²) in [5.74, 6) is -1.17. The molecule has 0 radical (unpaired) electrons. The maximum Gasteiger partial charge on any atom is 0.355 e. The van der Waals surface area contributed by atoms with E-state index in [1.807, 2.05) is 0 Å². The quantitative estimate of drug-likeness (QED) is 0.751. The van der Waals surface area contributed by atoms with Crippen molar-refractivity contribution in [2.45, 2.75) is 13.3 Å². The number of rotatable bonds is 6. The first-order valence-electron chi connectivity index (χ1n) is 8.49. The topological polar surface area (TPSA) is 94.2 Å². The molecule has 0 aliphatic carbocycles. The number of methoxy groups -OCH3 is 3. The van der Waals surface area contributed by atoms with Crippen molar-refractivity contribution in [3.63, 3.8) is 0 Å². The summed E-state index contributed by atoms with van der Waals surface area (Å²) in [6.45, 7) is 1.74. The smallest absolute Gasteiger partial charge is 0.355 e. The van der Waals surface area contributed by atoms with Crippen LogP contribution in [0.4, 0.5) is 11.4 Å². The predicted molar refractivity (Wildman–Crippen MR) is 104 cm³/mol. The first-order valence-corrected chi connectivity index (χ1v) is 8.49. The minimum absolute atomic E-state index is 0.0180. The molecule has 0 aromatic heterocycles. The second-order valence-corrected chi connectivity index (χ2v) is 5.60. The van der Waals surface area contributed by atoms with Crippen LogP contribution in [0.15, 0.2) is 53.9 Å². The fourth-order valence-corrected chi connectivity index (χ4v) is 2.56. The van der Waals surface area contributed by atoms with Crippen LogP contribution >= 0.6 is 0 Å². The number of allylic oxidation sites excluding steroid dienone is 2. The van der Waals surface area contributed by atoms with Gasteiger partial charge in [0.2, 0.25) is 5.91 Å². The largest absolute Gasteiger partial charge is 0.495 e. The molecule has 28 heavy (non-hydrogen) atoms. The number of hydrogen-bond donors (Lipinski definition) is 1. The molecule has 1 aromatic rings. The highest BCUT2D eigenvalue weighted by Gasteiger charge is 2.29. The van der Waals surface area contributed by atoms with Gasteiger partial charge in [0.05, 0.1) is 32.6 Å². The molecule has 0 atom stereocenters. The van der Waals surface area contributed by atoms with E-state index in [0.29, 0.717) is 23.5 Å². The summed E-state index contributed by atoms with van der Waals surface area (Å²) in [6.07, 6.45) is 6.61. The molecule has 8 nitrogen and oxygen atoms in total. The Bertz CT molecular complexity index is 869. The van der Waals surface area contributed by atoms with Crippen molar-refractivity contribution in [2.75, 3.05) is 31.5 Å². The van der Waals surface area contributed by atoms with Crippen molar-refractivity contribution >= 4 is 29.2 Å². The van der Waals surface area contributed by atoms with Crippen LogP contribution in [-0.4, -0.2) is 39.2 Å². The van der Waals surface area contributed by atoms with E-state index in [1.165, 1.54) is 32.3 Å². The summed E-state index contributed by atoms with van der Waals surface area (Å²) < 4.78 is 15.1. The van der Waals surface area contributed by atoms with Crippen molar-refractivity contribution in [1.29, 1.82) is 0 Å². The lowest BCUT2D eigenvalue weighted by atomic mass is 10.1. The average Bonchev–Trinajstić information content (AvgIpc) is 2.95. The molecule has 0 bridgehead atoms. The molecule has 1 heterocycles. The van der Waals surface area contributed by atoms with E-state index >= 15 is 0 Å². The highest BCUT2D eigenvalue weighted by Crippen LogP contribution is 2.36. The zero-order chi connectivity index (χ0) is 20.7. The molecule has 0 unspecified atom stereocenters. The lowest BCUT2D eigenvalue weighted by Crippen LogP contribution is -2.27. The highest BCUT2D eigenvalue weighted by atomic mass is 16.5. The number of carbonyl (C=O) groups excluding carboxylic acids is 3. The molecular formula is C20H22N2O6. The van der Waals surface area contributed by atoms with E-state index in [1.54, 1.807) is 43.5 Å². The average molecular weight is 386 g/mol. The molecule has 1 amide bonds. The van der Waals surface area contributed by atoms with Gasteiger partial charge in [0.25, 0.3) is 0 Å². The van der Waals surface area contributed by atoms with Crippen LogP contribution in [0.2, 0.25) is 0 Å². The molecule has 148 valence electrons. The third kappa shape index (κ3) is 4.40. The van der Waals surface area contributed by atoms with E-state index in [4.69, 9.17) is 14.2 Å². The Morgan fingerprint density at radius 3 is 2.36 bits per heavy atom. The lowest BCUT2D eigenvalue weighted by molar-refractivity contribution is -0.139. The number of nitrogens with one attached hydrogen (secondary N) is 1. The predicted octanol–water partition coefficient (Wildman–Crippen LogP) is 2.53. The number of nitrogens with zero attached hydrogens (tertiary/aromatic N) is 1. The molecule has 8 heteroatoms. The number of carbonyl (C=O) groups is 3. The molecule has 2 rings (SSSR count). The molecule has 1 aromatic carbocycles. The van der Waals surface area contributed by atoms with Crippen LogP contribution in [0.5, 0.6) is 5.75 Å². The van der Waals surface area contributed by atoms with Gasteiger partial charge in [-0.2, -0.15) is 0 Å². The van der Waals surface area contributed by atoms with Crippen LogP contribution < -0.4 is 15.0 Å². The second-order valence-electron chi connectivity index (χ2n) is 5.60. The Hall–Kier alpha value is -3.55. The summed E-state index contributed by atoms with van der Waals surface area (Å²) in [5, 5.41) is 2.76. The highest BCUT2D eigenvalue weighted by molar-refractivity contribution is 6.06. The maximum atomic E-state index is 12.5. The van der Waals surface area contributed by atoms with Crippen LogP contribution in [0, 0.1) is 0 Å². The molecule has 0 saturated carbocycles. The lowest BCUT2D eigenvalue weighted by Gasteiger charge is -2.25. The number of amides is 1. The zero-order valence-corrected chi connectivity index (χ0v) is 16.1. The first-order chi connectivity index (χ1) is 13.5. The summed E-state index contributed by atoms with van der Waals surface area (Å²) in [7, 11) is 3.92. The number of ether oxygens (including phenoxy) is 3. The van der Waals surface area contributed by atoms with Gasteiger partial charge >= 0.3 is 11.9 Å². The van der Waals surface area contributed by atoms with Gasteiger partial charge < -0.3 is 24.4 Å². The van der Waals surface area contributed by atoms with Gasteiger partial charge in [-0.1, -0.05) is 13.0 Å². The monoisotopic (exact) mass is 386 g/mol. The van der Waals surface area contributed by atoms with Gasteiger partial charge in [-0.25, -0.2) is 9.59 Å². The van der Waals surface area contributed by atoms with E-state index in [9.17, 15) is 14.4 Å². The third-order valence-corrected chi connectivity index (χ3v) is 3.93. The van der Waals surface area contributed by atoms with Crippen LogP contribution in [-0.2, 0) is 23.9 Å². The van der Waals surface area contributed by atoms with Crippen molar-refractivity contribution in [2.24, 2.45) is 0 Å². The summed E-state index contributed by atoms with van der Waals surface area (Å²) >= 11 is 0. The van der Waals surface area contributed by atoms with Crippen molar-refractivity contribution in [3.8, 4) is 5.75 Å². The number of benzene rings is 1. The minimum Gasteiger partial charge on any atom is -0.495 e. The summed E-state index contributed by atoms with van der Waals surface area (Å²) in [4.78, 5) is 38.0. The summed E-state index contributed by atoms with van der Waals surface area (Å²) in [6, 6.07) is 4.97. The maximum absolute atomic E-state index is 12.5. The van der Waals surface area contributed by atoms with Gasteiger partial charge in [-0.05, 0) is 30.4 Å². The number of anilines is 2. The molecule has 1 N–H and O–H groups in total. The summed E-state index contributed by atoms with van der Waals surface area (Å²) in [5.41, 5.74) is 0.913. The molecule has 1 aliphatic rings. The molecular weight excluding hydrogens is 364 g/mol. The molecule has 0 fully saturated rings. The first kappa shape index (κ1) is 20.8. The fraction of sp³-hybridized carbons (Fsp3) is 0.250. The molecule has 0 saturated heterocycles. The molecule has 0 spiro atoms. The van der Waals surface area contributed by atoms with Crippen molar-refractivity contribution in [3.05, 3.63) is 53.9 Å². The SMILES string of the molecule is CCC(=O)Nc1ccc(OC)c(N2C=CC=CC(C(=O)OC)=C2C(=O)OC)c1. The number of esters is 2. The third-order valence-electron chi connectivity index (χ3n) is 3.93. The van der Waals surface area contributed by atoms with Crippen LogP contribution in [0.1, 0.15) is 13.3 Å². The number of hydrogen-bond acceptors (Lipinski definition) is 7. The minimum atomic E-state index is -0.735. The molecule has 1 aliphatic heterocycles.